The van der Waals surface area contributed by atoms with Gasteiger partial charge in [-0.2, -0.15) is 0 Å². The summed E-state index contributed by atoms with van der Waals surface area (Å²) in [6.45, 7) is 5.16. The van der Waals surface area contributed by atoms with E-state index in [1.54, 1.807) is 0 Å². The first kappa shape index (κ1) is 13.3. The van der Waals surface area contributed by atoms with E-state index in [1.807, 2.05) is 0 Å². The summed E-state index contributed by atoms with van der Waals surface area (Å²) in [6.07, 6.45) is 2.09. The van der Waals surface area contributed by atoms with E-state index in [4.69, 9.17) is 5.11 Å². The maximum atomic E-state index is 8.99. The van der Waals surface area contributed by atoms with Gasteiger partial charge < -0.3 is 10.0 Å². The van der Waals surface area contributed by atoms with Crippen LogP contribution in [0.3, 0.4) is 0 Å². The maximum absolute atomic E-state index is 8.99. The molecule has 0 radical (unpaired) electrons. The number of aromatic nitrogens is 1. The molecule has 4 nitrogen and oxygen atoms in total. The summed E-state index contributed by atoms with van der Waals surface area (Å²) in [7, 11) is 2.09. The molecule has 1 saturated heterocycles. The number of fused-ring (bicyclic) bond motifs is 1. The summed E-state index contributed by atoms with van der Waals surface area (Å²) in [6, 6.07) is 10.9. The normalized spacial score (nSPS) is 16.8. The van der Waals surface area contributed by atoms with Gasteiger partial charge in [0.25, 0.3) is 0 Å². The molecule has 3 rings (SSSR count). The van der Waals surface area contributed by atoms with Crippen LogP contribution in [0.5, 0.6) is 0 Å². The molecule has 0 saturated carbocycles. The van der Waals surface area contributed by atoms with E-state index < -0.39 is 0 Å². The Morgan fingerprint density at radius 1 is 1.15 bits per heavy atom. The molecule has 1 fully saturated rings. The number of piperazine rings is 1. The molecule has 2 heterocycles. The second-order valence-electron chi connectivity index (χ2n) is 5.41. The van der Waals surface area contributed by atoms with Crippen LogP contribution in [0.2, 0.25) is 0 Å². The Hall–Kier alpha value is -1.65. The van der Waals surface area contributed by atoms with E-state index in [1.165, 1.54) is 16.6 Å². The largest absolute Gasteiger partial charge is 0.395 e. The second kappa shape index (κ2) is 5.77. The van der Waals surface area contributed by atoms with Gasteiger partial charge in [0.05, 0.1) is 6.61 Å². The summed E-state index contributed by atoms with van der Waals surface area (Å²) in [5, 5.41) is 10.3. The summed E-state index contributed by atoms with van der Waals surface area (Å²) >= 11 is 0. The van der Waals surface area contributed by atoms with Crippen LogP contribution in [0, 0.1) is 0 Å². The number of hydrogen-bond acceptors (Lipinski definition) is 3. The Morgan fingerprint density at radius 3 is 2.70 bits per heavy atom. The molecule has 1 aromatic carbocycles. The third-order valence-electron chi connectivity index (χ3n) is 4.13. The number of aliphatic hydroxyl groups excluding tert-OH is 1. The van der Waals surface area contributed by atoms with Gasteiger partial charge in [0.1, 0.15) is 7.05 Å². The molecule has 0 aliphatic carbocycles. The lowest BCUT2D eigenvalue weighted by molar-refractivity contribution is -0.644. The molecule has 1 aromatic heterocycles. The van der Waals surface area contributed by atoms with Crippen molar-refractivity contribution in [3.63, 3.8) is 0 Å². The Labute approximate surface area is 119 Å². The van der Waals surface area contributed by atoms with Crippen LogP contribution < -0.4 is 9.47 Å². The van der Waals surface area contributed by atoms with Crippen molar-refractivity contribution in [3.8, 4) is 0 Å². The molecular weight excluding hydrogens is 250 g/mol. The van der Waals surface area contributed by atoms with Crippen LogP contribution in [-0.4, -0.2) is 49.3 Å². The van der Waals surface area contributed by atoms with E-state index >= 15 is 0 Å². The lowest BCUT2D eigenvalue weighted by Gasteiger charge is -2.35. The highest BCUT2D eigenvalue weighted by atomic mass is 16.3. The van der Waals surface area contributed by atoms with Gasteiger partial charge in [-0.05, 0) is 18.2 Å². The highest BCUT2D eigenvalue weighted by Gasteiger charge is 2.17. The lowest BCUT2D eigenvalue weighted by atomic mass is 10.1. The minimum absolute atomic E-state index is 0.256. The number of pyridine rings is 1. The van der Waals surface area contributed by atoms with Crippen LogP contribution in [0.15, 0.2) is 36.5 Å². The molecular formula is C16H22N3O+. The summed E-state index contributed by atoms with van der Waals surface area (Å²) in [5.41, 5.74) is 2.56. The fourth-order valence-electron chi connectivity index (χ4n) is 2.90. The minimum Gasteiger partial charge on any atom is -0.395 e. The number of aryl methyl sites for hydroxylation is 1. The summed E-state index contributed by atoms with van der Waals surface area (Å²) in [4.78, 5) is 4.75. The van der Waals surface area contributed by atoms with Crippen molar-refractivity contribution in [3.05, 3.63) is 36.5 Å². The SMILES string of the molecule is C[n+]1cccc2ccc(N3CCN(CCO)CC3)cc21. The predicted octanol–water partition coefficient (Wildman–Crippen LogP) is 0.779. The second-order valence-corrected chi connectivity index (χ2v) is 5.41. The average molecular weight is 272 g/mol. The molecule has 1 aliphatic heterocycles. The average Bonchev–Trinajstić information content (AvgIpc) is 2.49. The number of aliphatic hydroxyl groups is 1. The van der Waals surface area contributed by atoms with Gasteiger partial charge in [-0.1, -0.05) is 0 Å². The molecule has 4 heteroatoms. The van der Waals surface area contributed by atoms with Crippen LogP contribution in [0.4, 0.5) is 5.69 Å². The smallest absolute Gasteiger partial charge is 0.214 e. The van der Waals surface area contributed by atoms with Gasteiger partial charge in [-0.15, -0.1) is 0 Å². The minimum atomic E-state index is 0.256. The van der Waals surface area contributed by atoms with Crippen molar-refractivity contribution in [1.82, 2.24) is 4.90 Å². The molecule has 0 atom stereocenters. The van der Waals surface area contributed by atoms with E-state index in [9.17, 15) is 0 Å². The zero-order valence-electron chi connectivity index (χ0n) is 12.0. The molecule has 2 aromatic rings. The third-order valence-corrected chi connectivity index (χ3v) is 4.13. The Bertz CT molecular complexity index is 591. The van der Waals surface area contributed by atoms with Crippen LogP contribution in [0.1, 0.15) is 0 Å². The maximum Gasteiger partial charge on any atom is 0.214 e. The van der Waals surface area contributed by atoms with Gasteiger partial charge >= 0.3 is 0 Å². The zero-order chi connectivity index (χ0) is 13.9. The molecule has 0 amide bonds. The first-order valence-corrected chi connectivity index (χ1v) is 7.24. The fourth-order valence-corrected chi connectivity index (χ4v) is 2.90. The molecule has 0 spiro atoms. The standard InChI is InChI=1S/C16H22N3O/c1-17-6-2-3-14-4-5-15(13-16(14)17)19-9-7-18(8-10-19)11-12-20/h2-6,13,20H,7-12H2,1H3/q+1. The van der Waals surface area contributed by atoms with Gasteiger partial charge in [-0.3, -0.25) is 4.90 Å². The number of anilines is 1. The number of hydrogen-bond donors (Lipinski definition) is 1. The number of nitrogens with zero attached hydrogens (tertiary/aromatic N) is 3. The monoisotopic (exact) mass is 272 g/mol. The molecule has 0 unspecified atom stereocenters. The molecule has 0 bridgehead atoms. The van der Waals surface area contributed by atoms with Crippen LogP contribution >= 0.6 is 0 Å². The quantitative estimate of drug-likeness (QED) is 0.838. The van der Waals surface area contributed by atoms with Gasteiger partial charge in [-0.25, -0.2) is 4.57 Å². The molecule has 1 aliphatic rings. The first-order chi connectivity index (χ1) is 9.78. The lowest BCUT2D eigenvalue weighted by Crippen LogP contribution is -2.47. The Kier molecular flexibility index (Phi) is 3.85. The van der Waals surface area contributed by atoms with E-state index in [2.05, 4.69) is 57.9 Å². The van der Waals surface area contributed by atoms with Crippen molar-refractivity contribution < 1.29 is 9.67 Å². The number of β-amino-alcohol motifs (C(OH)–C–C–N with tert-alkyl or cyclic N) is 1. The summed E-state index contributed by atoms with van der Waals surface area (Å²) < 4.78 is 2.17. The van der Waals surface area contributed by atoms with Crippen molar-refractivity contribution >= 4 is 16.6 Å². The zero-order valence-corrected chi connectivity index (χ0v) is 12.0. The predicted molar refractivity (Wildman–Crippen MR) is 80.9 cm³/mol. The van der Waals surface area contributed by atoms with E-state index in [0.29, 0.717) is 0 Å². The van der Waals surface area contributed by atoms with E-state index in [-0.39, 0.29) is 6.61 Å². The fraction of sp³-hybridized carbons (Fsp3) is 0.438. The van der Waals surface area contributed by atoms with Gasteiger partial charge in [0, 0.05) is 55.9 Å². The molecule has 106 valence electrons. The summed E-state index contributed by atoms with van der Waals surface area (Å²) in [5.74, 6) is 0. The van der Waals surface area contributed by atoms with Crippen LogP contribution in [0.25, 0.3) is 10.9 Å². The molecule has 20 heavy (non-hydrogen) atoms. The molecule has 1 N–H and O–H groups in total. The highest BCUT2D eigenvalue weighted by Crippen LogP contribution is 2.21. The van der Waals surface area contributed by atoms with Crippen LogP contribution in [-0.2, 0) is 7.05 Å². The first-order valence-electron chi connectivity index (χ1n) is 7.24. The van der Waals surface area contributed by atoms with Crippen molar-refractivity contribution in [2.45, 2.75) is 0 Å². The third kappa shape index (κ3) is 2.62. The van der Waals surface area contributed by atoms with Gasteiger partial charge in [0.15, 0.2) is 6.20 Å². The Balaban J connectivity index is 1.79. The van der Waals surface area contributed by atoms with Crippen molar-refractivity contribution in [1.29, 1.82) is 0 Å². The Morgan fingerprint density at radius 2 is 1.95 bits per heavy atom. The number of rotatable bonds is 3. The van der Waals surface area contributed by atoms with E-state index in [0.717, 1.165) is 32.7 Å². The highest BCUT2D eigenvalue weighted by molar-refractivity contribution is 5.79. The van der Waals surface area contributed by atoms with Crippen molar-refractivity contribution in [2.75, 3.05) is 44.2 Å². The van der Waals surface area contributed by atoms with Gasteiger partial charge in [0.2, 0.25) is 5.52 Å². The number of benzene rings is 1. The topological polar surface area (TPSA) is 30.6 Å². The van der Waals surface area contributed by atoms with Crippen molar-refractivity contribution in [2.24, 2.45) is 7.05 Å².